The first-order valence-corrected chi connectivity index (χ1v) is 9.36. The number of carbonyl (C=O) groups excluding carboxylic acids is 3. The van der Waals surface area contributed by atoms with E-state index in [1.54, 1.807) is 43.4 Å². The molecule has 3 aromatic rings. The number of amides is 2. The first-order valence-electron chi connectivity index (χ1n) is 8.48. The largest absolute Gasteiger partial charge is 0.452 e. The molecule has 7 heteroatoms. The van der Waals surface area contributed by atoms with E-state index in [9.17, 15) is 14.4 Å². The summed E-state index contributed by atoms with van der Waals surface area (Å²) >= 11 is 1.35. The second-order valence-electron chi connectivity index (χ2n) is 5.87. The topological polar surface area (TPSA) is 75.7 Å². The van der Waals surface area contributed by atoms with Crippen LogP contribution in [-0.2, 0) is 9.53 Å². The van der Waals surface area contributed by atoms with Crippen LogP contribution in [0.4, 0.5) is 11.4 Å². The Hall–Kier alpha value is -3.45. The number of anilines is 2. The van der Waals surface area contributed by atoms with Gasteiger partial charge in [0.05, 0.1) is 10.4 Å². The van der Waals surface area contributed by atoms with Gasteiger partial charge < -0.3 is 15.0 Å². The molecular weight excluding hydrogens is 376 g/mol. The van der Waals surface area contributed by atoms with E-state index in [2.05, 4.69) is 5.32 Å². The van der Waals surface area contributed by atoms with Crippen molar-refractivity contribution < 1.29 is 19.1 Å². The number of benzene rings is 2. The fourth-order valence-electron chi connectivity index (χ4n) is 2.39. The van der Waals surface area contributed by atoms with Crippen LogP contribution in [0.2, 0.25) is 0 Å². The summed E-state index contributed by atoms with van der Waals surface area (Å²) in [5.74, 6) is -1.15. The van der Waals surface area contributed by atoms with Gasteiger partial charge in [0.25, 0.3) is 11.8 Å². The number of thiophene rings is 1. The molecule has 0 saturated carbocycles. The number of nitrogens with zero attached hydrogens (tertiary/aromatic N) is 1. The van der Waals surface area contributed by atoms with E-state index in [4.69, 9.17) is 4.74 Å². The van der Waals surface area contributed by atoms with Crippen molar-refractivity contribution in [3.8, 4) is 0 Å². The number of hydrogen-bond acceptors (Lipinski definition) is 5. The van der Waals surface area contributed by atoms with Crippen LogP contribution in [0.5, 0.6) is 0 Å². The van der Waals surface area contributed by atoms with Crippen LogP contribution in [0.3, 0.4) is 0 Å². The average Bonchev–Trinajstić information content (AvgIpc) is 3.27. The van der Waals surface area contributed by atoms with Gasteiger partial charge in [0.1, 0.15) is 0 Å². The molecule has 0 aliphatic heterocycles. The number of esters is 1. The zero-order chi connectivity index (χ0) is 19.9. The minimum Gasteiger partial charge on any atom is -0.452 e. The Bertz CT molecular complexity index is 954. The molecule has 1 N–H and O–H groups in total. The summed E-state index contributed by atoms with van der Waals surface area (Å²) in [6, 6.07) is 18.9. The van der Waals surface area contributed by atoms with Crippen molar-refractivity contribution in [2.45, 2.75) is 0 Å². The standard InChI is InChI=1S/C21H18N2O4S/c1-23(17-6-3-2-4-7-17)19(24)14-27-21(26)15-9-11-16(12-10-15)22-20(25)18-8-5-13-28-18/h2-13H,14H2,1H3,(H,22,25). The van der Waals surface area contributed by atoms with Crippen molar-refractivity contribution in [2.75, 3.05) is 23.9 Å². The zero-order valence-electron chi connectivity index (χ0n) is 15.1. The lowest BCUT2D eigenvalue weighted by atomic mass is 10.2. The third-order valence-corrected chi connectivity index (χ3v) is 4.84. The average molecular weight is 394 g/mol. The van der Waals surface area contributed by atoms with Crippen molar-refractivity contribution in [1.82, 2.24) is 0 Å². The van der Waals surface area contributed by atoms with Gasteiger partial charge in [-0.05, 0) is 47.8 Å². The van der Waals surface area contributed by atoms with Crippen LogP contribution in [0.25, 0.3) is 0 Å². The molecule has 2 aromatic carbocycles. The molecule has 0 bridgehead atoms. The van der Waals surface area contributed by atoms with Crippen LogP contribution in [-0.4, -0.2) is 31.4 Å². The molecule has 0 radical (unpaired) electrons. The molecule has 142 valence electrons. The van der Waals surface area contributed by atoms with Gasteiger partial charge in [-0.15, -0.1) is 11.3 Å². The highest BCUT2D eigenvalue weighted by molar-refractivity contribution is 7.12. The fourth-order valence-corrected chi connectivity index (χ4v) is 3.01. The normalized spacial score (nSPS) is 10.2. The minimum absolute atomic E-state index is 0.208. The van der Waals surface area contributed by atoms with E-state index < -0.39 is 5.97 Å². The van der Waals surface area contributed by atoms with Crippen LogP contribution < -0.4 is 10.2 Å². The molecular formula is C21H18N2O4S. The maximum Gasteiger partial charge on any atom is 0.338 e. The van der Waals surface area contributed by atoms with Crippen LogP contribution in [0, 0.1) is 0 Å². The maximum atomic E-state index is 12.2. The van der Waals surface area contributed by atoms with E-state index in [-0.39, 0.29) is 18.4 Å². The summed E-state index contributed by atoms with van der Waals surface area (Å²) in [7, 11) is 1.62. The third kappa shape index (κ3) is 4.83. The molecule has 0 unspecified atom stereocenters. The van der Waals surface area contributed by atoms with Crippen LogP contribution in [0.1, 0.15) is 20.0 Å². The predicted molar refractivity (Wildman–Crippen MR) is 109 cm³/mol. The van der Waals surface area contributed by atoms with Gasteiger partial charge >= 0.3 is 5.97 Å². The molecule has 0 aliphatic rings. The second kappa shape index (κ2) is 8.96. The number of ether oxygens (including phenoxy) is 1. The Morgan fingerprint density at radius 3 is 2.32 bits per heavy atom. The van der Waals surface area contributed by atoms with Gasteiger partial charge in [-0.2, -0.15) is 0 Å². The Morgan fingerprint density at radius 2 is 1.68 bits per heavy atom. The number of para-hydroxylation sites is 1. The lowest BCUT2D eigenvalue weighted by Gasteiger charge is -2.17. The molecule has 0 fully saturated rings. The van der Waals surface area contributed by atoms with Crippen molar-refractivity contribution >= 4 is 40.5 Å². The van der Waals surface area contributed by atoms with E-state index in [1.165, 1.54) is 28.4 Å². The minimum atomic E-state index is -0.606. The first-order chi connectivity index (χ1) is 13.5. The van der Waals surface area contributed by atoms with Gasteiger partial charge in [-0.3, -0.25) is 9.59 Å². The molecule has 1 aromatic heterocycles. The van der Waals surface area contributed by atoms with E-state index in [0.29, 0.717) is 16.1 Å². The summed E-state index contributed by atoms with van der Waals surface area (Å²) in [6.07, 6.45) is 0. The van der Waals surface area contributed by atoms with E-state index >= 15 is 0 Å². The summed E-state index contributed by atoms with van der Waals surface area (Å²) in [5, 5.41) is 4.58. The van der Waals surface area contributed by atoms with Gasteiger partial charge in [-0.25, -0.2) is 4.79 Å². The van der Waals surface area contributed by atoms with Crippen molar-refractivity contribution in [3.63, 3.8) is 0 Å². The monoisotopic (exact) mass is 394 g/mol. The highest BCUT2D eigenvalue weighted by Gasteiger charge is 2.15. The number of likely N-dealkylation sites (N-methyl/N-ethyl adjacent to an activating group) is 1. The number of hydrogen-bond donors (Lipinski definition) is 1. The molecule has 0 aliphatic carbocycles. The molecule has 1 heterocycles. The second-order valence-corrected chi connectivity index (χ2v) is 6.82. The van der Waals surface area contributed by atoms with Gasteiger partial charge in [0.15, 0.2) is 6.61 Å². The fraction of sp³-hybridized carbons (Fsp3) is 0.0952. The maximum absolute atomic E-state index is 12.2. The van der Waals surface area contributed by atoms with Crippen LogP contribution in [0.15, 0.2) is 72.1 Å². The summed E-state index contributed by atoms with van der Waals surface area (Å²) in [6.45, 7) is -0.360. The SMILES string of the molecule is CN(C(=O)COC(=O)c1ccc(NC(=O)c2cccs2)cc1)c1ccccc1. The highest BCUT2D eigenvalue weighted by Crippen LogP contribution is 2.15. The van der Waals surface area contributed by atoms with Crippen LogP contribution >= 0.6 is 11.3 Å². The zero-order valence-corrected chi connectivity index (χ0v) is 15.9. The van der Waals surface area contributed by atoms with Gasteiger partial charge in [-0.1, -0.05) is 24.3 Å². The molecule has 0 atom stereocenters. The highest BCUT2D eigenvalue weighted by atomic mass is 32.1. The predicted octanol–water partition coefficient (Wildman–Crippen LogP) is 3.82. The quantitative estimate of drug-likeness (QED) is 0.645. The summed E-state index contributed by atoms with van der Waals surface area (Å²) < 4.78 is 5.10. The molecule has 6 nitrogen and oxygen atoms in total. The number of nitrogens with one attached hydrogen (secondary N) is 1. The lowest BCUT2D eigenvalue weighted by Crippen LogP contribution is -2.31. The van der Waals surface area contributed by atoms with Crippen molar-refractivity contribution in [1.29, 1.82) is 0 Å². The van der Waals surface area contributed by atoms with E-state index in [1.807, 2.05) is 23.6 Å². The molecule has 2 amide bonds. The summed E-state index contributed by atoms with van der Waals surface area (Å²) in [4.78, 5) is 38.4. The third-order valence-electron chi connectivity index (χ3n) is 3.97. The van der Waals surface area contributed by atoms with Crippen molar-refractivity contribution in [2.24, 2.45) is 0 Å². The smallest absolute Gasteiger partial charge is 0.338 e. The first kappa shape index (κ1) is 19.3. The number of carbonyl (C=O) groups is 3. The Kier molecular flexibility index (Phi) is 6.18. The Balaban J connectivity index is 1.53. The van der Waals surface area contributed by atoms with Crippen molar-refractivity contribution in [3.05, 3.63) is 82.6 Å². The molecule has 3 rings (SSSR count). The lowest BCUT2D eigenvalue weighted by molar-refractivity contribution is -0.121. The molecule has 28 heavy (non-hydrogen) atoms. The van der Waals surface area contributed by atoms with Gasteiger partial charge in [0.2, 0.25) is 0 Å². The molecule has 0 saturated heterocycles. The van der Waals surface area contributed by atoms with E-state index in [0.717, 1.165) is 5.69 Å². The number of rotatable bonds is 6. The molecule has 0 spiro atoms. The Morgan fingerprint density at radius 1 is 0.964 bits per heavy atom. The van der Waals surface area contributed by atoms with Gasteiger partial charge in [0, 0.05) is 18.4 Å². The summed E-state index contributed by atoms with van der Waals surface area (Å²) in [5.41, 5.74) is 1.58. The Labute approximate surface area is 166 Å².